The van der Waals surface area contributed by atoms with Gasteiger partial charge in [0.15, 0.2) is 0 Å². The molecule has 0 spiro atoms. The van der Waals surface area contributed by atoms with Gasteiger partial charge in [0, 0.05) is 51.0 Å². The second-order valence-corrected chi connectivity index (χ2v) is 7.70. The Morgan fingerprint density at radius 1 is 1.20 bits per heavy atom. The number of β-amino-alcohol motifs (C(OH)–C–C–N with tert-alkyl or cyclic N) is 1. The van der Waals surface area contributed by atoms with Gasteiger partial charge >= 0.3 is 0 Å². The molecule has 160 valence electrons. The van der Waals surface area contributed by atoms with Gasteiger partial charge in [-0.05, 0) is 24.6 Å². The number of para-hydroxylation sites is 2. The molecule has 4 rings (SSSR count). The van der Waals surface area contributed by atoms with E-state index in [0.29, 0.717) is 19.5 Å². The first-order valence-corrected chi connectivity index (χ1v) is 10.4. The molecular weight excluding hydrogens is 382 g/mol. The highest BCUT2D eigenvalue weighted by Gasteiger charge is 2.28. The monoisotopic (exact) mass is 411 g/mol. The summed E-state index contributed by atoms with van der Waals surface area (Å²) in [7, 11) is 1.70. The van der Waals surface area contributed by atoms with Crippen LogP contribution in [0.3, 0.4) is 0 Å². The van der Waals surface area contributed by atoms with Gasteiger partial charge in [0.05, 0.1) is 24.9 Å². The number of anilines is 2. The van der Waals surface area contributed by atoms with Crippen molar-refractivity contribution in [3.8, 4) is 5.75 Å². The number of benzene rings is 1. The normalized spacial score (nSPS) is 21.5. The highest BCUT2D eigenvalue weighted by molar-refractivity contribution is 5.82. The highest BCUT2D eigenvalue weighted by atomic mass is 16.5. The Labute approximate surface area is 176 Å². The topological polar surface area (TPSA) is 90.0 Å². The quantitative estimate of drug-likeness (QED) is 0.647. The Hall–Kier alpha value is -2.84. The minimum atomic E-state index is -0.450. The molecular formula is C22H29N5O3. The summed E-state index contributed by atoms with van der Waals surface area (Å²) in [6.07, 6.45) is 1.80. The number of methoxy groups -OCH3 is 1. The first-order chi connectivity index (χ1) is 14.7. The standard InChI is InChI=1S/C22H29N5O3/c1-30-20-7-3-2-6-19(20)26-9-11-27(12-10-26)21-16(5-4-8-23-21)14-25-22(29)18-13-17(28)15-24-18/h2-8,17-18,24,28H,9-15H2,1H3,(H,25,29)/t17-,18+/m1/s1. The molecule has 0 unspecified atom stereocenters. The average Bonchev–Trinajstić information content (AvgIpc) is 3.24. The van der Waals surface area contributed by atoms with E-state index in [9.17, 15) is 9.90 Å². The number of rotatable bonds is 6. The number of aromatic nitrogens is 1. The summed E-state index contributed by atoms with van der Waals surface area (Å²) in [6.45, 7) is 4.30. The van der Waals surface area contributed by atoms with E-state index in [1.54, 1.807) is 13.3 Å². The van der Waals surface area contributed by atoms with Gasteiger partial charge in [-0.15, -0.1) is 0 Å². The molecule has 0 radical (unpaired) electrons. The maximum Gasteiger partial charge on any atom is 0.237 e. The molecule has 30 heavy (non-hydrogen) atoms. The largest absolute Gasteiger partial charge is 0.495 e. The fourth-order valence-corrected chi connectivity index (χ4v) is 4.13. The number of ether oxygens (including phenoxy) is 1. The Kier molecular flexibility index (Phi) is 6.35. The molecule has 2 atom stereocenters. The third kappa shape index (κ3) is 4.49. The molecule has 1 amide bonds. The first-order valence-electron chi connectivity index (χ1n) is 10.4. The zero-order chi connectivity index (χ0) is 20.9. The molecule has 1 aromatic carbocycles. The van der Waals surface area contributed by atoms with Crippen LogP contribution in [0.1, 0.15) is 12.0 Å². The van der Waals surface area contributed by atoms with Crippen LogP contribution >= 0.6 is 0 Å². The van der Waals surface area contributed by atoms with E-state index in [1.807, 2.05) is 30.3 Å². The maximum absolute atomic E-state index is 12.4. The van der Waals surface area contributed by atoms with Crippen LogP contribution in [0.4, 0.5) is 11.5 Å². The van der Waals surface area contributed by atoms with E-state index in [1.165, 1.54) is 0 Å². The van der Waals surface area contributed by atoms with Crippen molar-refractivity contribution in [2.24, 2.45) is 0 Å². The van der Waals surface area contributed by atoms with Crippen LogP contribution in [0.15, 0.2) is 42.6 Å². The van der Waals surface area contributed by atoms with Crippen LogP contribution in [0.2, 0.25) is 0 Å². The van der Waals surface area contributed by atoms with Gasteiger partial charge in [-0.25, -0.2) is 4.98 Å². The first kappa shape index (κ1) is 20.4. The van der Waals surface area contributed by atoms with Crippen LogP contribution < -0.4 is 25.2 Å². The van der Waals surface area contributed by atoms with Gasteiger partial charge in [-0.1, -0.05) is 18.2 Å². The van der Waals surface area contributed by atoms with E-state index >= 15 is 0 Å². The lowest BCUT2D eigenvalue weighted by Gasteiger charge is -2.37. The van der Waals surface area contributed by atoms with Gasteiger partial charge in [0.2, 0.25) is 5.91 Å². The number of nitrogens with one attached hydrogen (secondary N) is 2. The summed E-state index contributed by atoms with van der Waals surface area (Å²) in [5, 5.41) is 15.6. The summed E-state index contributed by atoms with van der Waals surface area (Å²) in [5.41, 5.74) is 2.11. The van der Waals surface area contributed by atoms with Crippen LogP contribution in [0.25, 0.3) is 0 Å². The number of hydrogen-bond acceptors (Lipinski definition) is 7. The number of pyridine rings is 1. The molecule has 1 aromatic heterocycles. The number of amides is 1. The molecule has 0 bridgehead atoms. The van der Waals surface area contributed by atoms with Gasteiger partial charge in [0.25, 0.3) is 0 Å². The molecule has 0 aliphatic carbocycles. The average molecular weight is 412 g/mol. The van der Waals surface area contributed by atoms with E-state index in [0.717, 1.165) is 49.0 Å². The van der Waals surface area contributed by atoms with Crippen LogP contribution in [-0.4, -0.2) is 68.0 Å². The van der Waals surface area contributed by atoms with Gasteiger partial charge in [-0.2, -0.15) is 0 Å². The van der Waals surface area contributed by atoms with Crippen molar-refractivity contribution >= 4 is 17.4 Å². The van der Waals surface area contributed by atoms with Gasteiger partial charge < -0.3 is 30.3 Å². The zero-order valence-electron chi connectivity index (χ0n) is 17.3. The van der Waals surface area contributed by atoms with Crippen molar-refractivity contribution in [3.05, 3.63) is 48.2 Å². The van der Waals surface area contributed by atoms with Crippen molar-refractivity contribution in [2.45, 2.75) is 25.1 Å². The number of carbonyl (C=O) groups excluding carboxylic acids is 1. The second kappa shape index (κ2) is 9.32. The van der Waals surface area contributed by atoms with Crippen LogP contribution in [0, 0.1) is 0 Å². The zero-order valence-corrected chi connectivity index (χ0v) is 17.3. The summed E-state index contributed by atoms with van der Waals surface area (Å²) < 4.78 is 5.50. The summed E-state index contributed by atoms with van der Waals surface area (Å²) >= 11 is 0. The Morgan fingerprint density at radius 2 is 1.97 bits per heavy atom. The molecule has 8 heteroatoms. The predicted molar refractivity (Wildman–Crippen MR) is 116 cm³/mol. The van der Waals surface area contributed by atoms with E-state index in [4.69, 9.17) is 4.74 Å². The smallest absolute Gasteiger partial charge is 0.237 e. The van der Waals surface area contributed by atoms with E-state index in [-0.39, 0.29) is 11.9 Å². The summed E-state index contributed by atoms with van der Waals surface area (Å²) in [6, 6.07) is 11.7. The van der Waals surface area contributed by atoms with Gasteiger partial charge in [-0.3, -0.25) is 4.79 Å². The summed E-state index contributed by atoms with van der Waals surface area (Å²) in [4.78, 5) is 21.6. The SMILES string of the molecule is COc1ccccc1N1CCN(c2ncccc2CNC(=O)[C@@H]2C[C@@H](O)CN2)CC1. The number of aliphatic hydroxyl groups excluding tert-OH is 1. The lowest BCUT2D eigenvalue weighted by Crippen LogP contribution is -2.47. The third-order valence-corrected chi connectivity index (χ3v) is 5.75. The van der Waals surface area contributed by atoms with E-state index in [2.05, 4.69) is 31.5 Å². The minimum Gasteiger partial charge on any atom is -0.495 e. The maximum atomic E-state index is 12.4. The number of piperazine rings is 1. The number of carbonyl (C=O) groups is 1. The molecule has 2 aliphatic rings. The Morgan fingerprint density at radius 3 is 2.70 bits per heavy atom. The lowest BCUT2D eigenvalue weighted by molar-refractivity contribution is -0.123. The molecule has 3 N–H and O–H groups in total. The van der Waals surface area contributed by atoms with Crippen molar-refractivity contribution < 1.29 is 14.6 Å². The predicted octanol–water partition coefficient (Wildman–Crippen LogP) is 0.756. The number of nitrogens with zero attached hydrogens (tertiary/aromatic N) is 3. The molecule has 2 saturated heterocycles. The molecule has 2 aromatic rings. The molecule has 2 fully saturated rings. The van der Waals surface area contributed by atoms with Crippen molar-refractivity contribution in [2.75, 3.05) is 49.6 Å². The minimum absolute atomic E-state index is 0.0812. The lowest BCUT2D eigenvalue weighted by atomic mass is 10.1. The van der Waals surface area contributed by atoms with Gasteiger partial charge in [0.1, 0.15) is 11.6 Å². The third-order valence-electron chi connectivity index (χ3n) is 5.75. The molecule has 2 aliphatic heterocycles. The Balaban J connectivity index is 1.38. The molecule has 3 heterocycles. The van der Waals surface area contributed by atoms with Crippen LogP contribution in [0.5, 0.6) is 5.75 Å². The molecule has 8 nitrogen and oxygen atoms in total. The second-order valence-electron chi connectivity index (χ2n) is 7.70. The summed E-state index contributed by atoms with van der Waals surface area (Å²) in [5.74, 6) is 1.72. The fourth-order valence-electron chi connectivity index (χ4n) is 4.13. The Bertz CT molecular complexity index is 869. The number of hydrogen-bond donors (Lipinski definition) is 3. The number of aliphatic hydroxyl groups is 1. The van der Waals surface area contributed by atoms with Crippen LogP contribution in [-0.2, 0) is 11.3 Å². The fraction of sp³-hybridized carbons (Fsp3) is 0.455. The molecule has 0 saturated carbocycles. The van der Waals surface area contributed by atoms with Crippen molar-refractivity contribution in [1.82, 2.24) is 15.6 Å². The van der Waals surface area contributed by atoms with E-state index < -0.39 is 6.10 Å². The van der Waals surface area contributed by atoms with Crippen molar-refractivity contribution in [1.29, 1.82) is 0 Å². The van der Waals surface area contributed by atoms with Crippen molar-refractivity contribution in [3.63, 3.8) is 0 Å². The highest BCUT2D eigenvalue weighted by Crippen LogP contribution is 2.29.